The zero-order valence-corrected chi connectivity index (χ0v) is 9.67. The molecule has 82 valence electrons. The summed E-state index contributed by atoms with van der Waals surface area (Å²) < 4.78 is 5.46. The van der Waals surface area contributed by atoms with E-state index in [0.717, 1.165) is 17.7 Å². The van der Waals surface area contributed by atoms with Gasteiger partial charge in [0.2, 0.25) is 0 Å². The molecule has 0 saturated heterocycles. The van der Waals surface area contributed by atoms with Gasteiger partial charge in [-0.25, -0.2) is 0 Å². The van der Waals surface area contributed by atoms with Gasteiger partial charge in [0, 0.05) is 6.42 Å². The smallest absolute Gasteiger partial charge is 0.134 e. The minimum absolute atomic E-state index is 0.186. The number of carbonyl (C=O) groups excluding carboxylic acids is 1. The van der Waals surface area contributed by atoms with E-state index in [1.54, 1.807) is 6.92 Å². The highest BCUT2D eigenvalue weighted by Crippen LogP contribution is 2.18. The lowest BCUT2D eigenvalue weighted by Gasteiger charge is -2.08. The molecule has 0 unspecified atom stereocenters. The Hall–Kier alpha value is -1.31. The maximum absolute atomic E-state index is 11.0. The zero-order valence-electron chi connectivity index (χ0n) is 9.67. The van der Waals surface area contributed by atoms with Gasteiger partial charge in [-0.05, 0) is 43.5 Å². The second-order valence-corrected chi connectivity index (χ2v) is 3.65. The van der Waals surface area contributed by atoms with Gasteiger partial charge in [0.05, 0.1) is 6.61 Å². The van der Waals surface area contributed by atoms with E-state index in [0.29, 0.717) is 13.0 Å². The molecule has 0 heterocycles. The van der Waals surface area contributed by atoms with Crippen LogP contribution in [-0.4, -0.2) is 12.4 Å². The maximum atomic E-state index is 11.0. The van der Waals surface area contributed by atoms with Crippen LogP contribution in [0.25, 0.3) is 0 Å². The van der Waals surface area contributed by atoms with Gasteiger partial charge in [-0.1, -0.05) is 13.0 Å². The van der Waals surface area contributed by atoms with E-state index in [4.69, 9.17) is 4.74 Å². The Morgan fingerprint density at radius 1 is 1.20 bits per heavy atom. The number of rotatable bonds is 5. The van der Waals surface area contributed by atoms with Crippen LogP contribution in [-0.2, 0) is 17.6 Å². The van der Waals surface area contributed by atoms with Crippen molar-refractivity contribution in [2.75, 3.05) is 6.61 Å². The summed E-state index contributed by atoms with van der Waals surface area (Å²) in [4.78, 5) is 11.0. The molecule has 1 aromatic rings. The van der Waals surface area contributed by atoms with Crippen LogP contribution in [0.5, 0.6) is 5.75 Å². The van der Waals surface area contributed by atoms with Crippen molar-refractivity contribution in [3.8, 4) is 5.75 Å². The summed E-state index contributed by atoms with van der Waals surface area (Å²) in [5, 5.41) is 0. The van der Waals surface area contributed by atoms with Gasteiger partial charge in [-0.15, -0.1) is 0 Å². The minimum atomic E-state index is 0.186. The fourth-order valence-electron chi connectivity index (χ4n) is 1.57. The van der Waals surface area contributed by atoms with E-state index < -0.39 is 0 Å². The lowest BCUT2D eigenvalue weighted by Crippen LogP contribution is -1.99. The number of ether oxygens (including phenoxy) is 1. The van der Waals surface area contributed by atoms with Gasteiger partial charge in [-0.2, -0.15) is 0 Å². The second kappa shape index (κ2) is 5.54. The third kappa shape index (κ3) is 3.74. The van der Waals surface area contributed by atoms with Gasteiger partial charge in [0.25, 0.3) is 0 Å². The van der Waals surface area contributed by atoms with Crippen molar-refractivity contribution in [1.82, 2.24) is 0 Å². The summed E-state index contributed by atoms with van der Waals surface area (Å²) in [6.45, 7) is 6.33. The molecule has 0 radical (unpaired) electrons. The van der Waals surface area contributed by atoms with Crippen LogP contribution in [0.4, 0.5) is 0 Å². The quantitative estimate of drug-likeness (QED) is 0.740. The predicted molar refractivity (Wildman–Crippen MR) is 61.4 cm³/mol. The molecule has 1 rings (SSSR count). The van der Waals surface area contributed by atoms with E-state index in [9.17, 15) is 4.79 Å². The van der Waals surface area contributed by atoms with Gasteiger partial charge in [0.1, 0.15) is 11.5 Å². The predicted octanol–water partition coefficient (Wildman–Crippen LogP) is 2.78. The Morgan fingerprint density at radius 3 is 2.40 bits per heavy atom. The zero-order chi connectivity index (χ0) is 11.3. The molecule has 0 aliphatic heterocycles. The number of hydrogen-bond donors (Lipinski definition) is 0. The van der Waals surface area contributed by atoms with E-state index in [1.807, 2.05) is 19.1 Å². The molecule has 0 spiro atoms. The Bertz CT molecular complexity index is 342. The molecule has 0 aliphatic carbocycles. The third-order valence-electron chi connectivity index (χ3n) is 2.20. The summed E-state index contributed by atoms with van der Waals surface area (Å²) in [5.74, 6) is 1.05. The van der Waals surface area contributed by atoms with E-state index in [-0.39, 0.29) is 5.78 Å². The molecule has 0 N–H and O–H groups in total. The Morgan fingerprint density at radius 2 is 1.87 bits per heavy atom. The number of benzene rings is 1. The molecule has 1 aromatic carbocycles. The van der Waals surface area contributed by atoms with E-state index in [2.05, 4.69) is 13.0 Å². The summed E-state index contributed by atoms with van der Waals surface area (Å²) in [6.07, 6.45) is 1.46. The highest BCUT2D eigenvalue weighted by Gasteiger charge is 2.03. The fourth-order valence-corrected chi connectivity index (χ4v) is 1.57. The molecular formula is C13H18O2. The van der Waals surface area contributed by atoms with E-state index >= 15 is 0 Å². The van der Waals surface area contributed by atoms with Crippen LogP contribution >= 0.6 is 0 Å². The molecule has 0 aromatic heterocycles. The van der Waals surface area contributed by atoms with Crippen molar-refractivity contribution in [3.05, 3.63) is 29.3 Å². The molecule has 15 heavy (non-hydrogen) atoms. The van der Waals surface area contributed by atoms with Crippen molar-refractivity contribution < 1.29 is 9.53 Å². The van der Waals surface area contributed by atoms with Crippen molar-refractivity contribution in [1.29, 1.82) is 0 Å². The van der Waals surface area contributed by atoms with Crippen LogP contribution in [0, 0.1) is 0 Å². The number of carbonyl (C=O) groups is 1. The second-order valence-electron chi connectivity index (χ2n) is 3.65. The Balaban J connectivity index is 2.94. The summed E-state index contributed by atoms with van der Waals surface area (Å²) in [6, 6.07) is 6.06. The van der Waals surface area contributed by atoms with E-state index in [1.165, 1.54) is 5.56 Å². The van der Waals surface area contributed by atoms with Crippen molar-refractivity contribution in [3.63, 3.8) is 0 Å². The van der Waals surface area contributed by atoms with Crippen LogP contribution in [0.15, 0.2) is 18.2 Å². The molecule has 0 atom stereocenters. The molecule has 2 nitrogen and oxygen atoms in total. The fraction of sp³-hybridized carbons (Fsp3) is 0.462. The van der Waals surface area contributed by atoms with Crippen molar-refractivity contribution in [2.45, 2.75) is 33.6 Å². The first kappa shape index (κ1) is 11.8. The lowest BCUT2D eigenvalue weighted by atomic mass is 10.0. The average molecular weight is 206 g/mol. The maximum Gasteiger partial charge on any atom is 0.134 e. The standard InChI is InChI=1S/C13H18O2/c1-4-11-7-12(6-10(3)14)9-13(8-11)15-5-2/h7-9H,4-6H2,1-3H3. The molecule has 2 heteroatoms. The molecule has 0 saturated carbocycles. The number of aryl methyl sites for hydroxylation is 1. The normalized spacial score (nSPS) is 10.1. The van der Waals surface area contributed by atoms with Crippen LogP contribution in [0.2, 0.25) is 0 Å². The Kier molecular flexibility index (Phi) is 4.35. The number of Topliss-reactive ketones (excluding diaryl/α,β-unsaturated/α-hetero) is 1. The minimum Gasteiger partial charge on any atom is -0.494 e. The highest BCUT2D eigenvalue weighted by atomic mass is 16.5. The Labute approximate surface area is 91.3 Å². The third-order valence-corrected chi connectivity index (χ3v) is 2.20. The molecule has 0 aliphatic rings. The SMILES string of the molecule is CCOc1cc(CC)cc(CC(C)=O)c1. The van der Waals surface area contributed by atoms with Crippen molar-refractivity contribution in [2.24, 2.45) is 0 Å². The van der Waals surface area contributed by atoms with Gasteiger partial charge in [0.15, 0.2) is 0 Å². The summed E-state index contributed by atoms with van der Waals surface area (Å²) in [5.41, 5.74) is 2.27. The van der Waals surface area contributed by atoms with Crippen LogP contribution < -0.4 is 4.74 Å². The molecular weight excluding hydrogens is 188 g/mol. The van der Waals surface area contributed by atoms with Gasteiger partial charge < -0.3 is 4.74 Å². The summed E-state index contributed by atoms with van der Waals surface area (Å²) >= 11 is 0. The molecule has 0 fully saturated rings. The lowest BCUT2D eigenvalue weighted by molar-refractivity contribution is -0.116. The number of hydrogen-bond acceptors (Lipinski definition) is 2. The van der Waals surface area contributed by atoms with Gasteiger partial charge >= 0.3 is 0 Å². The van der Waals surface area contributed by atoms with Crippen molar-refractivity contribution >= 4 is 5.78 Å². The topological polar surface area (TPSA) is 26.3 Å². The number of ketones is 1. The highest BCUT2D eigenvalue weighted by molar-refractivity contribution is 5.78. The first-order valence-electron chi connectivity index (χ1n) is 5.40. The van der Waals surface area contributed by atoms with Gasteiger partial charge in [-0.3, -0.25) is 4.79 Å². The monoisotopic (exact) mass is 206 g/mol. The first-order valence-corrected chi connectivity index (χ1v) is 5.40. The average Bonchev–Trinajstić information content (AvgIpc) is 2.16. The van der Waals surface area contributed by atoms with Crippen LogP contribution in [0.3, 0.4) is 0 Å². The largest absolute Gasteiger partial charge is 0.494 e. The molecule has 0 bridgehead atoms. The summed E-state index contributed by atoms with van der Waals surface area (Å²) in [7, 11) is 0. The molecule has 0 amide bonds. The van der Waals surface area contributed by atoms with Crippen LogP contribution in [0.1, 0.15) is 31.9 Å². The first-order chi connectivity index (χ1) is 7.15.